The molecule has 1 fully saturated rings. The highest BCUT2D eigenvalue weighted by atomic mass is 16.1. The number of nitrogens with two attached hydrogens (primary N) is 1. The van der Waals surface area contributed by atoms with E-state index >= 15 is 0 Å². The fourth-order valence-corrected chi connectivity index (χ4v) is 2.12. The predicted octanol–water partition coefficient (Wildman–Crippen LogP) is 1.67. The van der Waals surface area contributed by atoms with E-state index < -0.39 is 0 Å². The number of carbonyl (C=O) groups excluding carboxylic acids is 1. The summed E-state index contributed by atoms with van der Waals surface area (Å²) in [6, 6.07) is 0.310. The third-order valence-electron chi connectivity index (χ3n) is 3.55. The normalized spacial score (nSPS) is 28.5. The third kappa shape index (κ3) is 3.82. The maximum absolute atomic E-state index is 11.8. The van der Waals surface area contributed by atoms with Crippen molar-refractivity contribution in [1.82, 2.24) is 5.32 Å². The van der Waals surface area contributed by atoms with Gasteiger partial charge in [-0.25, -0.2) is 0 Å². The van der Waals surface area contributed by atoms with E-state index in [2.05, 4.69) is 19.2 Å². The first kappa shape index (κ1) is 12.5. The van der Waals surface area contributed by atoms with Crippen LogP contribution in [-0.4, -0.2) is 18.5 Å². The molecule has 0 bridgehead atoms. The molecule has 0 aromatic carbocycles. The van der Waals surface area contributed by atoms with Gasteiger partial charge in [0.1, 0.15) is 0 Å². The summed E-state index contributed by atoms with van der Waals surface area (Å²) in [4.78, 5) is 11.8. The van der Waals surface area contributed by atoms with Crippen molar-refractivity contribution in [3.05, 3.63) is 0 Å². The Labute approximate surface area is 92.8 Å². The van der Waals surface area contributed by atoms with Crippen LogP contribution in [0.5, 0.6) is 0 Å². The van der Waals surface area contributed by atoms with Gasteiger partial charge in [0.15, 0.2) is 0 Å². The molecule has 1 unspecified atom stereocenters. The molecular formula is C12H24N2O. The van der Waals surface area contributed by atoms with E-state index in [9.17, 15) is 4.79 Å². The Morgan fingerprint density at radius 1 is 1.40 bits per heavy atom. The lowest BCUT2D eigenvalue weighted by molar-refractivity contribution is -0.126. The second kappa shape index (κ2) is 6.11. The van der Waals surface area contributed by atoms with Crippen molar-refractivity contribution in [2.45, 2.75) is 52.0 Å². The molecule has 1 aliphatic rings. The molecule has 0 aliphatic heterocycles. The minimum Gasteiger partial charge on any atom is -0.353 e. The van der Waals surface area contributed by atoms with Crippen molar-refractivity contribution < 1.29 is 4.79 Å². The first-order valence-corrected chi connectivity index (χ1v) is 6.17. The lowest BCUT2D eigenvalue weighted by Crippen LogP contribution is -2.38. The molecule has 1 atom stereocenters. The maximum Gasteiger partial charge on any atom is 0.223 e. The van der Waals surface area contributed by atoms with E-state index in [1.807, 2.05) is 0 Å². The number of rotatable bonds is 4. The standard InChI is InChI=1S/C12H24N2O/c1-3-9(2)14-12(15)11-6-4-10(8-13)5-7-11/h9-11H,3-8,13H2,1-2H3,(H,14,15). The van der Waals surface area contributed by atoms with Crippen LogP contribution in [0.2, 0.25) is 0 Å². The maximum atomic E-state index is 11.8. The zero-order valence-electron chi connectivity index (χ0n) is 9.96. The van der Waals surface area contributed by atoms with Gasteiger partial charge in [-0.1, -0.05) is 6.92 Å². The van der Waals surface area contributed by atoms with Crippen LogP contribution < -0.4 is 11.1 Å². The molecule has 0 saturated heterocycles. The highest BCUT2D eigenvalue weighted by Gasteiger charge is 2.25. The van der Waals surface area contributed by atoms with Gasteiger partial charge < -0.3 is 11.1 Å². The van der Waals surface area contributed by atoms with Crippen LogP contribution in [0, 0.1) is 11.8 Å². The van der Waals surface area contributed by atoms with Gasteiger partial charge in [0, 0.05) is 12.0 Å². The van der Waals surface area contributed by atoms with Gasteiger partial charge in [-0.3, -0.25) is 4.79 Å². The molecule has 15 heavy (non-hydrogen) atoms. The van der Waals surface area contributed by atoms with Gasteiger partial charge in [-0.2, -0.15) is 0 Å². The molecule has 3 heteroatoms. The Morgan fingerprint density at radius 2 is 2.00 bits per heavy atom. The average Bonchev–Trinajstić information content (AvgIpc) is 2.29. The number of nitrogens with one attached hydrogen (secondary N) is 1. The van der Waals surface area contributed by atoms with Crippen molar-refractivity contribution >= 4 is 5.91 Å². The highest BCUT2D eigenvalue weighted by Crippen LogP contribution is 2.28. The fraction of sp³-hybridized carbons (Fsp3) is 0.917. The number of amides is 1. The molecule has 0 spiro atoms. The van der Waals surface area contributed by atoms with E-state index in [0.717, 1.165) is 38.6 Å². The van der Waals surface area contributed by atoms with Crippen LogP contribution in [0.1, 0.15) is 46.0 Å². The average molecular weight is 212 g/mol. The lowest BCUT2D eigenvalue weighted by atomic mass is 9.81. The van der Waals surface area contributed by atoms with Crippen molar-refractivity contribution in [2.75, 3.05) is 6.54 Å². The smallest absolute Gasteiger partial charge is 0.223 e. The lowest BCUT2D eigenvalue weighted by Gasteiger charge is -2.27. The second-order valence-corrected chi connectivity index (χ2v) is 4.77. The summed E-state index contributed by atoms with van der Waals surface area (Å²) in [6.07, 6.45) is 5.28. The van der Waals surface area contributed by atoms with Crippen molar-refractivity contribution in [2.24, 2.45) is 17.6 Å². The van der Waals surface area contributed by atoms with E-state index in [0.29, 0.717) is 12.0 Å². The molecule has 1 saturated carbocycles. The SMILES string of the molecule is CCC(C)NC(=O)C1CCC(CN)CC1. The first-order valence-electron chi connectivity index (χ1n) is 6.17. The van der Waals surface area contributed by atoms with Crippen LogP contribution >= 0.6 is 0 Å². The molecule has 1 aliphatic carbocycles. The summed E-state index contributed by atoms with van der Waals surface area (Å²) in [5.74, 6) is 1.14. The topological polar surface area (TPSA) is 55.1 Å². The van der Waals surface area contributed by atoms with Crippen molar-refractivity contribution in [3.63, 3.8) is 0 Å². The van der Waals surface area contributed by atoms with E-state index in [1.165, 1.54) is 0 Å². The summed E-state index contributed by atoms with van der Waals surface area (Å²) in [7, 11) is 0. The van der Waals surface area contributed by atoms with Crippen LogP contribution in [0.25, 0.3) is 0 Å². The molecule has 1 amide bonds. The Morgan fingerprint density at radius 3 is 2.47 bits per heavy atom. The second-order valence-electron chi connectivity index (χ2n) is 4.77. The molecule has 0 aromatic rings. The van der Waals surface area contributed by atoms with Gasteiger partial charge in [0.2, 0.25) is 5.91 Å². The molecule has 1 rings (SSSR count). The first-order chi connectivity index (χ1) is 7.17. The van der Waals surface area contributed by atoms with Gasteiger partial charge in [-0.15, -0.1) is 0 Å². The third-order valence-corrected chi connectivity index (χ3v) is 3.55. The number of hydrogen-bond acceptors (Lipinski definition) is 2. The number of hydrogen-bond donors (Lipinski definition) is 2. The summed E-state index contributed by atoms with van der Waals surface area (Å²) in [5, 5.41) is 3.06. The Hall–Kier alpha value is -0.570. The number of carbonyl (C=O) groups is 1. The summed E-state index contributed by atoms with van der Waals surface area (Å²) >= 11 is 0. The highest BCUT2D eigenvalue weighted by molar-refractivity contribution is 5.78. The van der Waals surface area contributed by atoms with Crippen molar-refractivity contribution in [1.29, 1.82) is 0 Å². The molecule has 0 aromatic heterocycles. The van der Waals surface area contributed by atoms with Crippen molar-refractivity contribution in [3.8, 4) is 0 Å². The van der Waals surface area contributed by atoms with E-state index in [-0.39, 0.29) is 11.8 Å². The summed E-state index contributed by atoms with van der Waals surface area (Å²) < 4.78 is 0. The quantitative estimate of drug-likeness (QED) is 0.744. The monoisotopic (exact) mass is 212 g/mol. The summed E-state index contributed by atoms with van der Waals surface area (Å²) in [6.45, 7) is 4.93. The van der Waals surface area contributed by atoms with E-state index in [1.54, 1.807) is 0 Å². The van der Waals surface area contributed by atoms with Crippen LogP contribution in [0.3, 0.4) is 0 Å². The zero-order valence-corrected chi connectivity index (χ0v) is 9.96. The van der Waals surface area contributed by atoms with Crippen LogP contribution in [0.15, 0.2) is 0 Å². The summed E-state index contributed by atoms with van der Waals surface area (Å²) in [5.41, 5.74) is 5.63. The Balaban J connectivity index is 2.30. The molecule has 0 radical (unpaired) electrons. The molecule has 88 valence electrons. The zero-order chi connectivity index (χ0) is 11.3. The van der Waals surface area contributed by atoms with Crippen LogP contribution in [0.4, 0.5) is 0 Å². The Bertz CT molecular complexity index is 198. The molecule has 3 N–H and O–H groups in total. The van der Waals surface area contributed by atoms with Gasteiger partial charge >= 0.3 is 0 Å². The van der Waals surface area contributed by atoms with E-state index in [4.69, 9.17) is 5.73 Å². The van der Waals surface area contributed by atoms with Crippen LogP contribution in [-0.2, 0) is 4.79 Å². The molecular weight excluding hydrogens is 188 g/mol. The fourth-order valence-electron chi connectivity index (χ4n) is 2.12. The largest absolute Gasteiger partial charge is 0.353 e. The van der Waals surface area contributed by atoms with Gasteiger partial charge in [0.05, 0.1) is 0 Å². The Kier molecular flexibility index (Phi) is 5.09. The minimum absolute atomic E-state index is 0.238. The van der Waals surface area contributed by atoms with Gasteiger partial charge in [-0.05, 0) is 51.5 Å². The van der Waals surface area contributed by atoms with Gasteiger partial charge in [0.25, 0.3) is 0 Å². The molecule has 0 heterocycles. The minimum atomic E-state index is 0.238. The molecule has 3 nitrogen and oxygen atoms in total. The predicted molar refractivity (Wildman–Crippen MR) is 62.4 cm³/mol.